The number of rotatable bonds is 6. The standard InChI is InChI=1S/C19H31N3O4.HI/c1-18(2)15(11-19(18,3)26-8)22-17(20-4)21-12-9-13(23-5)16(25-7)14(10-12)24-6;/h9-10,15H,11H2,1-8H3,(H2,20,21,22);1H. The van der Waals surface area contributed by atoms with Crippen LogP contribution >= 0.6 is 24.0 Å². The van der Waals surface area contributed by atoms with Gasteiger partial charge >= 0.3 is 0 Å². The largest absolute Gasteiger partial charge is 0.493 e. The molecule has 154 valence electrons. The van der Waals surface area contributed by atoms with Gasteiger partial charge < -0.3 is 29.6 Å². The highest BCUT2D eigenvalue weighted by molar-refractivity contribution is 14.0. The van der Waals surface area contributed by atoms with Crippen LogP contribution in [0.3, 0.4) is 0 Å². The second kappa shape index (κ2) is 9.18. The van der Waals surface area contributed by atoms with Gasteiger partial charge in [-0.15, -0.1) is 24.0 Å². The lowest BCUT2D eigenvalue weighted by Crippen LogP contribution is -2.69. The average molecular weight is 493 g/mol. The molecule has 2 atom stereocenters. The highest BCUT2D eigenvalue weighted by Crippen LogP contribution is 2.51. The first-order valence-electron chi connectivity index (χ1n) is 8.61. The summed E-state index contributed by atoms with van der Waals surface area (Å²) in [7, 11) is 8.28. The van der Waals surface area contributed by atoms with E-state index < -0.39 is 0 Å². The highest BCUT2D eigenvalue weighted by Gasteiger charge is 2.58. The Bertz CT molecular complexity index is 656. The first kappa shape index (κ1) is 23.6. The van der Waals surface area contributed by atoms with Gasteiger partial charge in [0.2, 0.25) is 5.75 Å². The fraction of sp³-hybridized carbons (Fsp3) is 0.632. The molecule has 1 aliphatic rings. The molecule has 7 nitrogen and oxygen atoms in total. The Morgan fingerprint density at radius 1 is 1.04 bits per heavy atom. The van der Waals surface area contributed by atoms with Crippen LogP contribution in [0, 0.1) is 5.41 Å². The number of nitrogens with one attached hydrogen (secondary N) is 2. The fourth-order valence-electron chi connectivity index (χ4n) is 3.33. The third kappa shape index (κ3) is 4.37. The number of nitrogens with zero attached hydrogens (tertiary/aromatic N) is 1. The summed E-state index contributed by atoms with van der Waals surface area (Å²) in [6.45, 7) is 6.54. The number of anilines is 1. The van der Waals surface area contributed by atoms with Crippen molar-refractivity contribution in [1.29, 1.82) is 0 Å². The number of guanidine groups is 1. The Balaban J connectivity index is 0.00000364. The average Bonchev–Trinajstić information content (AvgIpc) is 2.65. The van der Waals surface area contributed by atoms with Crippen LogP contribution in [-0.4, -0.2) is 53.1 Å². The van der Waals surface area contributed by atoms with Gasteiger partial charge in [0.15, 0.2) is 17.5 Å². The molecule has 0 heterocycles. The monoisotopic (exact) mass is 493 g/mol. The summed E-state index contributed by atoms with van der Waals surface area (Å²) < 4.78 is 21.9. The highest BCUT2D eigenvalue weighted by atomic mass is 127. The molecule has 1 aromatic rings. The van der Waals surface area contributed by atoms with Crippen molar-refractivity contribution in [3.8, 4) is 17.2 Å². The normalized spacial score (nSPS) is 23.6. The Morgan fingerprint density at radius 2 is 1.59 bits per heavy atom. The molecule has 1 aromatic carbocycles. The molecular weight excluding hydrogens is 461 g/mol. The van der Waals surface area contributed by atoms with E-state index in [1.54, 1.807) is 35.5 Å². The van der Waals surface area contributed by atoms with Crippen molar-refractivity contribution in [3.05, 3.63) is 12.1 Å². The molecule has 0 aliphatic heterocycles. The molecule has 0 amide bonds. The summed E-state index contributed by atoms with van der Waals surface area (Å²) >= 11 is 0. The molecule has 1 fully saturated rings. The van der Waals surface area contributed by atoms with Gasteiger partial charge in [-0.25, -0.2) is 0 Å². The van der Waals surface area contributed by atoms with Crippen molar-refractivity contribution in [1.82, 2.24) is 5.32 Å². The number of aliphatic imine (C=N–C) groups is 1. The molecule has 0 aromatic heterocycles. The van der Waals surface area contributed by atoms with E-state index in [1.165, 1.54) is 0 Å². The zero-order valence-electron chi connectivity index (χ0n) is 17.4. The smallest absolute Gasteiger partial charge is 0.203 e. The molecule has 0 saturated heterocycles. The maximum Gasteiger partial charge on any atom is 0.203 e. The van der Waals surface area contributed by atoms with E-state index >= 15 is 0 Å². The zero-order valence-corrected chi connectivity index (χ0v) is 19.8. The number of hydrogen-bond acceptors (Lipinski definition) is 5. The maximum atomic E-state index is 5.69. The molecular formula is C19H32IN3O4. The van der Waals surface area contributed by atoms with Gasteiger partial charge in [0, 0.05) is 43.4 Å². The van der Waals surface area contributed by atoms with Crippen LogP contribution in [0.4, 0.5) is 5.69 Å². The van der Waals surface area contributed by atoms with Gasteiger partial charge in [0.25, 0.3) is 0 Å². The summed E-state index contributed by atoms with van der Waals surface area (Å²) in [5.41, 5.74) is 0.629. The van der Waals surface area contributed by atoms with Crippen molar-refractivity contribution in [2.45, 2.75) is 38.8 Å². The zero-order chi connectivity index (χ0) is 19.5. The third-order valence-electron chi connectivity index (χ3n) is 5.74. The van der Waals surface area contributed by atoms with Crippen LogP contribution in [0.5, 0.6) is 17.2 Å². The van der Waals surface area contributed by atoms with Crippen LogP contribution in [0.1, 0.15) is 27.2 Å². The lowest BCUT2D eigenvalue weighted by molar-refractivity contribution is -0.176. The van der Waals surface area contributed by atoms with E-state index in [2.05, 4.69) is 36.4 Å². The summed E-state index contributed by atoms with van der Waals surface area (Å²) in [5, 5.41) is 6.78. The minimum atomic E-state index is -0.143. The Labute approximate surface area is 179 Å². The van der Waals surface area contributed by atoms with Gasteiger partial charge in [-0.1, -0.05) is 13.8 Å². The predicted molar refractivity (Wildman–Crippen MR) is 119 cm³/mol. The van der Waals surface area contributed by atoms with Crippen LogP contribution < -0.4 is 24.8 Å². The van der Waals surface area contributed by atoms with Crippen LogP contribution in [0.2, 0.25) is 0 Å². The molecule has 27 heavy (non-hydrogen) atoms. The number of ether oxygens (including phenoxy) is 4. The van der Waals surface area contributed by atoms with Crippen LogP contribution in [0.15, 0.2) is 17.1 Å². The minimum Gasteiger partial charge on any atom is -0.493 e. The SMILES string of the molecule is CN=C(Nc1cc(OC)c(OC)c(OC)c1)NC1CC(C)(OC)C1(C)C.I. The number of methoxy groups -OCH3 is 4. The molecule has 1 saturated carbocycles. The van der Waals surface area contributed by atoms with Gasteiger partial charge in [-0.2, -0.15) is 0 Å². The van der Waals surface area contributed by atoms with E-state index in [0.717, 1.165) is 12.1 Å². The second-order valence-corrected chi connectivity index (χ2v) is 7.17. The number of hydrogen-bond donors (Lipinski definition) is 2. The van der Waals surface area contributed by atoms with Gasteiger partial charge in [0.05, 0.1) is 26.9 Å². The Kier molecular flexibility index (Phi) is 8.03. The first-order chi connectivity index (χ1) is 12.3. The summed E-state index contributed by atoms with van der Waals surface area (Å²) in [6.07, 6.45) is 0.909. The second-order valence-electron chi connectivity index (χ2n) is 7.17. The van der Waals surface area contributed by atoms with E-state index in [-0.39, 0.29) is 41.0 Å². The van der Waals surface area contributed by atoms with Crippen LogP contribution in [0.25, 0.3) is 0 Å². The lowest BCUT2D eigenvalue weighted by atomic mass is 9.56. The molecule has 8 heteroatoms. The lowest BCUT2D eigenvalue weighted by Gasteiger charge is -2.59. The number of halogens is 1. The first-order valence-corrected chi connectivity index (χ1v) is 8.61. The van der Waals surface area contributed by atoms with Crippen molar-refractivity contribution >= 4 is 35.6 Å². The summed E-state index contributed by atoms with van der Waals surface area (Å²) in [5.74, 6) is 2.40. The molecule has 2 unspecified atom stereocenters. The van der Waals surface area contributed by atoms with Crippen LogP contribution in [-0.2, 0) is 4.74 Å². The van der Waals surface area contributed by atoms with Gasteiger partial charge in [0.1, 0.15) is 0 Å². The predicted octanol–water partition coefficient (Wildman–Crippen LogP) is 3.52. The van der Waals surface area contributed by atoms with Crippen molar-refractivity contribution < 1.29 is 18.9 Å². The molecule has 0 bridgehead atoms. The van der Waals surface area contributed by atoms with Crippen molar-refractivity contribution in [3.63, 3.8) is 0 Å². The van der Waals surface area contributed by atoms with Crippen molar-refractivity contribution in [2.24, 2.45) is 10.4 Å². The van der Waals surface area contributed by atoms with Crippen molar-refractivity contribution in [2.75, 3.05) is 40.8 Å². The summed E-state index contributed by atoms with van der Waals surface area (Å²) in [4.78, 5) is 4.34. The number of benzene rings is 1. The van der Waals surface area contributed by atoms with E-state index in [4.69, 9.17) is 18.9 Å². The van der Waals surface area contributed by atoms with Gasteiger partial charge in [-0.3, -0.25) is 4.99 Å². The van der Waals surface area contributed by atoms with E-state index in [1.807, 2.05) is 12.1 Å². The molecule has 2 N–H and O–H groups in total. The molecule has 2 rings (SSSR count). The van der Waals surface area contributed by atoms with E-state index in [9.17, 15) is 0 Å². The molecule has 1 aliphatic carbocycles. The Hall–Kier alpha value is -1.42. The summed E-state index contributed by atoms with van der Waals surface area (Å²) in [6, 6.07) is 3.94. The topological polar surface area (TPSA) is 73.3 Å². The fourth-order valence-corrected chi connectivity index (χ4v) is 3.33. The molecule has 0 spiro atoms. The molecule has 0 radical (unpaired) electrons. The van der Waals surface area contributed by atoms with E-state index in [0.29, 0.717) is 23.2 Å². The third-order valence-corrected chi connectivity index (χ3v) is 5.74. The minimum absolute atomic E-state index is 0. The Morgan fingerprint density at radius 3 is 1.96 bits per heavy atom. The maximum absolute atomic E-state index is 5.69. The van der Waals surface area contributed by atoms with Gasteiger partial charge in [-0.05, 0) is 13.3 Å². The quantitative estimate of drug-likeness (QED) is 0.359.